The molecule has 1 aromatic heterocycles. The highest BCUT2D eigenvalue weighted by molar-refractivity contribution is 6.10. The fraction of sp³-hybridized carbons (Fsp3) is 0.559. The summed E-state index contributed by atoms with van der Waals surface area (Å²) in [5.74, 6) is -6.94. The Bertz CT molecular complexity index is 1750. The molecule has 5 rings (SSSR count). The van der Waals surface area contributed by atoms with Crippen LogP contribution < -0.4 is 20.1 Å². The zero-order chi connectivity index (χ0) is 37.9. The van der Waals surface area contributed by atoms with Crippen molar-refractivity contribution < 1.29 is 63.4 Å². The lowest BCUT2D eigenvalue weighted by Crippen LogP contribution is -2.52. The van der Waals surface area contributed by atoms with Gasteiger partial charge < -0.3 is 55.1 Å². The van der Waals surface area contributed by atoms with Gasteiger partial charge in [0, 0.05) is 51.3 Å². The van der Waals surface area contributed by atoms with Crippen molar-refractivity contribution in [1.29, 1.82) is 0 Å². The number of primary amides is 1. The smallest absolute Gasteiger partial charge is 0.409 e. The van der Waals surface area contributed by atoms with Crippen LogP contribution in [0.15, 0.2) is 12.1 Å². The average Bonchev–Trinajstić information content (AvgIpc) is 3.48. The van der Waals surface area contributed by atoms with E-state index in [1.54, 1.807) is 13.8 Å². The van der Waals surface area contributed by atoms with E-state index in [2.05, 4.69) is 0 Å². The van der Waals surface area contributed by atoms with E-state index in [-0.39, 0.29) is 111 Å². The first kappa shape index (κ1) is 37.9. The number of nitrogens with zero attached hydrogens (tertiary/aromatic N) is 4. The molecule has 1 saturated carbocycles. The number of pyridine rings is 1. The van der Waals surface area contributed by atoms with Crippen molar-refractivity contribution in [2.24, 2.45) is 5.73 Å². The van der Waals surface area contributed by atoms with E-state index < -0.39 is 65.9 Å². The van der Waals surface area contributed by atoms with Crippen molar-refractivity contribution in [1.82, 2.24) is 14.8 Å². The normalized spacial score (nSPS) is 20.2. The minimum absolute atomic E-state index is 0.0367. The number of aliphatic hydroxyl groups is 1. The Morgan fingerprint density at radius 2 is 1.65 bits per heavy atom. The van der Waals surface area contributed by atoms with Gasteiger partial charge in [0.1, 0.15) is 6.04 Å². The number of amides is 3. The summed E-state index contributed by atoms with van der Waals surface area (Å²) in [6, 6.07) is 1.56. The Balaban J connectivity index is 1.73. The molecule has 1 aliphatic carbocycles. The molecule has 6 N–H and O–H groups in total. The molecule has 2 aromatic rings. The number of anilines is 1. The summed E-state index contributed by atoms with van der Waals surface area (Å²) in [5.41, 5.74) is 3.96. The van der Waals surface area contributed by atoms with Gasteiger partial charge in [-0.25, -0.2) is 19.4 Å². The second-order valence-corrected chi connectivity index (χ2v) is 13.0. The van der Waals surface area contributed by atoms with Crippen LogP contribution in [0.4, 0.5) is 10.5 Å². The van der Waals surface area contributed by atoms with Crippen LogP contribution in [0.2, 0.25) is 0 Å². The summed E-state index contributed by atoms with van der Waals surface area (Å²) in [6.45, 7) is 3.80. The number of benzene rings is 1. The third-order valence-corrected chi connectivity index (χ3v) is 9.70. The highest BCUT2D eigenvalue weighted by Crippen LogP contribution is 2.49. The lowest BCUT2D eigenvalue weighted by atomic mass is 9.80. The van der Waals surface area contributed by atoms with E-state index in [0.717, 1.165) is 0 Å². The largest absolute Gasteiger partial charge is 0.488 e. The lowest BCUT2D eigenvalue weighted by Gasteiger charge is -2.39. The maximum absolute atomic E-state index is 14.4. The minimum Gasteiger partial charge on any atom is -0.488 e. The zero-order valence-corrected chi connectivity index (χ0v) is 28.9. The Kier molecular flexibility index (Phi) is 11.3. The first-order valence-electron chi connectivity index (χ1n) is 17.2. The highest BCUT2D eigenvalue weighted by Gasteiger charge is 2.49. The molecular weight excluding hydrogens is 686 g/mol. The summed E-state index contributed by atoms with van der Waals surface area (Å²) in [7, 11) is 0. The highest BCUT2D eigenvalue weighted by atomic mass is 16.6. The number of nitrogens with two attached hydrogens (primary N) is 1. The van der Waals surface area contributed by atoms with Gasteiger partial charge in [0.25, 0.3) is 0 Å². The van der Waals surface area contributed by atoms with Crippen molar-refractivity contribution in [2.45, 2.75) is 76.0 Å². The molecular formula is C34H43N5O13. The van der Waals surface area contributed by atoms with Gasteiger partial charge in [-0.1, -0.05) is 0 Å². The molecule has 3 unspecified atom stereocenters. The lowest BCUT2D eigenvalue weighted by molar-refractivity contribution is -0.163. The molecule has 52 heavy (non-hydrogen) atoms. The topological polar surface area (TPSA) is 260 Å². The predicted octanol–water partition coefficient (Wildman–Crippen LogP) is 1.39. The van der Waals surface area contributed by atoms with E-state index >= 15 is 0 Å². The second kappa shape index (κ2) is 15.5. The van der Waals surface area contributed by atoms with E-state index in [1.165, 1.54) is 26.8 Å². The first-order valence-corrected chi connectivity index (χ1v) is 17.2. The monoisotopic (exact) mass is 729 g/mol. The summed E-state index contributed by atoms with van der Waals surface area (Å²) in [5, 5.41) is 40.2. The molecule has 3 heterocycles. The number of carbonyl (C=O) groups excluding carboxylic acids is 3. The van der Waals surface area contributed by atoms with Gasteiger partial charge in [0.15, 0.2) is 11.5 Å². The first-order chi connectivity index (χ1) is 24.7. The number of hydrogen-bond acceptors (Lipinski definition) is 12. The molecule has 3 atom stereocenters. The number of carbonyl (C=O) groups is 6. The minimum atomic E-state index is -1.73. The van der Waals surface area contributed by atoms with Crippen molar-refractivity contribution in [3.05, 3.63) is 23.4 Å². The van der Waals surface area contributed by atoms with Crippen LogP contribution in [-0.4, -0.2) is 135 Å². The van der Waals surface area contributed by atoms with E-state index in [9.17, 15) is 49.2 Å². The van der Waals surface area contributed by atoms with Crippen molar-refractivity contribution in [3.8, 4) is 11.5 Å². The third kappa shape index (κ3) is 7.46. The molecule has 3 fully saturated rings. The van der Waals surface area contributed by atoms with E-state index in [1.807, 2.05) is 0 Å². The average molecular weight is 730 g/mol. The van der Waals surface area contributed by atoms with Crippen LogP contribution in [0.25, 0.3) is 10.9 Å². The zero-order valence-electron chi connectivity index (χ0n) is 28.9. The van der Waals surface area contributed by atoms with E-state index in [0.29, 0.717) is 6.42 Å². The number of piperazine rings is 1. The number of aliphatic carboxylic acids is 3. The number of rotatable bonds is 14. The quantitative estimate of drug-likeness (QED) is 0.184. The molecule has 2 saturated heterocycles. The summed E-state index contributed by atoms with van der Waals surface area (Å²) in [6.07, 6.45) is -1.66. The maximum Gasteiger partial charge on any atom is 0.409 e. The Labute approximate surface area is 298 Å². The molecule has 18 heteroatoms. The number of aromatic nitrogens is 1. The van der Waals surface area contributed by atoms with Crippen LogP contribution in [0.1, 0.15) is 74.3 Å². The van der Waals surface area contributed by atoms with Gasteiger partial charge in [-0.2, -0.15) is 0 Å². The molecule has 282 valence electrons. The van der Waals surface area contributed by atoms with Crippen LogP contribution in [-0.2, 0) is 23.9 Å². The Morgan fingerprint density at radius 1 is 0.981 bits per heavy atom. The van der Waals surface area contributed by atoms with Gasteiger partial charge in [-0.15, -0.1) is 0 Å². The summed E-state index contributed by atoms with van der Waals surface area (Å²) in [4.78, 5) is 85.5. The molecule has 0 bridgehead atoms. The van der Waals surface area contributed by atoms with Crippen LogP contribution in [0.3, 0.4) is 0 Å². The van der Waals surface area contributed by atoms with Gasteiger partial charge in [-0.05, 0) is 51.7 Å². The predicted molar refractivity (Wildman–Crippen MR) is 180 cm³/mol. The third-order valence-electron chi connectivity index (χ3n) is 9.70. The van der Waals surface area contributed by atoms with Crippen LogP contribution >= 0.6 is 0 Å². The molecule has 1 aromatic carbocycles. The molecule has 0 spiro atoms. The number of ether oxygens (including phenoxy) is 3. The van der Waals surface area contributed by atoms with Crippen LogP contribution in [0.5, 0.6) is 11.5 Å². The number of fused-ring (bicyclic) bond motifs is 1. The van der Waals surface area contributed by atoms with Gasteiger partial charge in [-0.3, -0.25) is 14.4 Å². The molecule has 18 nitrogen and oxygen atoms in total. The molecule has 2 aliphatic heterocycles. The second-order valence-electron chi connectivity index (χ2n) is 13.0. The number of carboxylic acid groups (broad SMARTS) is 3. The van der Waals surface area contributed by atoms with E-state index in [4.69, 9.17) is 24.9 Å². The standard InChI is InChI=1S/C34H43N5O13/c1-3-50-28-26(20(6-7-24(41)42)30(44)37-10-12-38(13-11-37)33(49)51-4-2)36-22-15-18(39-17-19(40)16-23(39)31(45)46)14-21(29(35)43)25(22)27(28)52-34(32(47)48)8-5-9-34/h14-15,19-20,23,40H,3-13,16-17H2,1-2H3,(H2,35,43)(H,41,42)(H,45,46)(H,47,48). The molecule has 0 radical (unpaired) electrons. The molecule has 3 aliphatic rings. The van der Waals surface area contributed by atoms with Crippen molar-refractivity contribution in [2.75, 3.05) is 50.8 Å². The number of aliphatic hydroxyl groups excluding tert-OH is 1. The summed E-state index contributed by atoms with van der Waals surface area (Å²) < 4.78 is 17.4. The SMILES string of the molecule is CCOC(=O)N1CCN(C(=O)C(CCC(=O)O)c2nc3cc(N4CC(O)CC4C(=O)O)cc(C(N)=O)c3c(OC3(C(=O)O)CCC3)c2OCC)CC1. The Morgan fingerprint density at radius 3 is 2.19 bits per heavy atom. The molecule has 3 amide bonds. The fourth-order valence-corrected chi connectivity index (χ4v) is 6.90. The van der Waals surface area contributed by atoms with Crippen molar-refractivity contribution in [3.63, 3.8) is 0 Å². The number of hydrogen-bond donors (Lipinski definition) is 5. The van der Waals surface area contributed by atoms with Gasteiger partial charge >= 0.3 is 24.0 Å². The maximum atomic E-state index is 14.4. The van der Waals surface area contributed by atoms with Gasteiger partial charge in [0.2, 0.25) is 17.4 Å². The summed E-state index contributed by atoms with van der Waals surface area (Å²) >= 11 is 0. The fourth-order valence-electron chi connectivity index (χ4n) is 6.90. The number of carboxylic acids is 3. The Hall–Kier alpha value is -5.39. The van der Waals surface area contributed by atoms with Crippen molar-refractivity contribution >= 4 is 52.4 Å². The van der Waals surface area contributed by atoms with Gasteiger partial charge in [0.05, 0.1) is 47.4 Å². The number of β-amino-alcohol motifs (C(OH)–C–C–N with tert-alkyl or cyclic N) is 1. The van der Waals surface area contributed by atoms with Crippen LogP contribution in [0, 0.1) is 0 Å².